The Morgan fingerprint density at radius 2 is 1.81 bits per heavy atom. The van der Waals surface area contributed by atoms with E-state index in [0.717, 1.165) is 11.3 Å². The summed E-state index contributed by atoms with van der Waals surface area (Å²) in [5.41, 5.74) is 2.10. The molecule has 0 aliphatic heterocycles. The summed E-state index contributed by atoms with van der Waals surface area (Å²) in [5.74, 6) is -0.249. The summed E-state index contributed by atoms with van der Waals surface area (Å²) in [6.45, 7) is 7.36. The van der Waals surface area contributed by atoms with Crippen molar-refractivity contribution < 1.29 is 17.9 Å². The molecule has 0 unspecified atom stereocenters. The van der Waals surface area contributed by atoms with E-state index in [-0.39, 0.29) is 5.75 Å². The average molecular weight is 292 g/mol. The van der Waals surface area contributed by atoms with Crippen LogP contribution in [-0.4, -0.2) is 6.36 Å². The van der Waals surface area contributed by atoms with Crippen LogP contribution in [0.4, 0.5) is 24.5 Å². The van der Waals surface area contributed by atoms with E-state index >= 15 is 0 Å². The number of hydrogen-bond acceptors (Lipinski definition) is 2. The van der Waals surface area contributed by atoms with Crippen molar-refractivity contribution in [3.8, 4) is 5.75 Å². The van der Waals surface area contributed by atoms with Crippen molar-refractivity contribution in [3.63, 3.8) is 0 Å². The number of alkyl halides is 3. The Balaban J connectivity index is 1.96. The van der Waals surface area contributed by atoms with Crippen LogP contribution in [-0.2, 0) is 6.54 Å². The summed E-state index contributed by atoms with van der Waals surface area (Å²) in [7, 11) is 0. The number of ether oxygens (including phenoxy) is 1. The summed E-state index contributed by atoms with van der Waals surface area (Å²) in [6.07, 6.45) is -4.68. The molecule has 1 N–H and O–H groups in total. The summed E-state index contributed by atoms with van der Waals surface area (Å²) in [6, 6.07) is 12.6. The third-order valence-electron chi connectivity index (χ3n) is 2.63. The van der Waals surface area contributed by atoms with Gasteiger partial charge in [0, 0.05) is 12.2 Å². The van der Waals surface area contributed by atoms with Crippen LogP contribution in [0.1, 0.15) is 5.56 Å². The zero-order chi connectivity index (χ0) is 15.3. The van der Waals surface area contributed by atoms with Crippen LogP contribution in [0.5, 0.6) is 5.75 Å². The molecule has 0 bridgehead atoms. The van der Waals surface area contributed by atoms with Gasteiger partial charge in [-0.1, -0.05) is 24.3 Å². The molecule has 0 aliphatic rings. The molecule has 0 saturated carbocycles. The molecule has 21 heavy (non-hydrogen) atoms. The van der Waals surface area contributed by atoms with Crippen LogP contribution in [0.3, 0.4) is 0 Å². The monoisotopic (exact) mass is 292 g/mol. The van der Waals surface area contributed by atoms with Crippen LogP contribution < -0.4 is 10.1 Å². The molecule has 0 spiro atoms. The highest BCUT2D eigenvalue weighted by molar-refractivity contribution is 5.57. The maximum atomic E-state index is 12.0. The van der Waals surface area contributed by atoms with Gasteiger partial charge in [0.05, 0.1) is 6.57 Å². The summed E-state index contributed by atoms with van der Waals surface area (Å²) >= 11 is 0. The van der Waals surface area contributed by atoms with Crippen LogP contribution >= 0.6 is 0 Å². The van der Waals surface area contributed by atoms with Crippen molar-refractivity contribution in [2.24, 2.45) is 0 Å². The molecule has 0 aromatic heterocycles. The molecule has 2 aromatic rings. The van der Waals surface area contributed by atoms with Crippen molar-refractivity contribution in [2.75, 3.05) is 5.32 Å². The Labute approximate surface area is 119 Å². The molecule has 6 heteroatoms. The lowest BCUT2D eigenvalue weighted by atomic mass is 10.2. The third-order valence-corrected chi connectivity index (χ3v) is 2.63. The van der Waals surface area contributed by atoms with E-state index in [0.29, 0.717) is 12.2 Å². The van der Waals surface area contributed by atoms with Gasteiger partial charge in [-0.2, -0.15) is 0 Å². The smallest absolute Gasteiger partial charge is 0.406 e. The zero-order valence-electron chi connectivity index (χ0n) is 10.8. The van der Waals surface area contributed by atoms with Crippen molar-refractivity contribution in [3.05, 3.63) is 65.5 Å². The largest absolute Gasteiger partial charge is 0.573 e. The molecule has 0 saturated heterocycles. The number of nitrogens with zero attached hydrogens (tertiary/aromatic N) is 1. The van der Waals surface area contributed by atoms with Crippen molar-refractivity contribution in [1.29, 1.82) is 0 Å². The fourth-order valence-electron chi connectivity index (χ4n) is 1.70. The highest BCUT2D eigenvalue weighted by Gasteiger charge is 2.30. The molecule has 3 nitrogen and oxygen atoms in total. The van der Waals surface area contributed by atoms with Gasteiger partial charge in [-0.05, 0) is 29.8 Å². The fraction of sp³-hybridized carbons (Fsp3) is 0.133. The predicted octanol–water partition coefficient (Wildman–Crippen LogP) is 4.75. The quantitative estimate of drug-likeness (QED) is 0.823. The second kappa shape index (κ2) is 6.18. The number of benzene rings is 2. The maximum Gasteiger partial charge on any atom is 0.573 e. The minimum absolute atomic E-state index is 0.249. The maximum absolute atomic E-state index is 12.0. The molecule has 0 amide bonds. The first-order chi connectivity index (χ1) is 9.96. The van der Waals surface area contributed by atoms with Gasteiger partial charge in [0.15, 0.2) is 5.69 Å². The minimum atomic E-state index is -4.68. The topological polar surface area (TPSA) is 25.6 Å². The van der Waals surface area contributed by atoms with Gasteiger partial charge in [-0.15, -0.1) is 13.2 Å². The Hall–Kier alpha value is -2.68. The molecule has 0 heterocycles. The van der Waals surface area contributed by atoms with E-state index in [1.165, 1.54) is 12.1 Å². The first-order valence-electron chi connectivity index (χ1n) is 6.02. The van der Waals surface area contributed by atoms with Gasteiger partial charge in [-0.25, -0.2) is 4.85 Å². The first-order valence-corrected chi connectivity index (χ1v) is 6.02. The Bertz CT molecular complexity index is 645. The van der Waals surface area contributed by atoms with E-state index in [4.69, 9.17) is 6.57 Å². The third kappa shape index (κ3) is 4.73. The highest BCUT2D eigenvalue weighted by atomic mass is 19.4. The minimum Gasteiger partial charge on any atom is -0.406 e. The summed E-state index contributed by atoms with van der Waals surface area (Å²) < 4.78 is 39.9. The first kappa shape index (κ1) is 14.7. The van der Waals surface area contributed by atoms with E-state index in [2.05, 4.69) is 14.9 Å². The standard InChI is InChI=1S/C15H11F3N2O/c1-19-12-3-2-4-13(9-12)20-10-11-5-7-14(8-6-11)21-15(16,17)18/h2-9,20H,10H2. The molecule has 0 aliphatic carbocycles. The Morgan fingerprint density at radius 1 is 1.10 bits per heavy atom. The van der Waals surface area contributed by atoms with Gasteiger partial charge in [0.1, 0.15) is 5.75 Å². The lowest BCUT2D eigenvalue weighted by molar-refractivity contribution is -0.274. The normalized spacial score (nSPS) is 10.8. The number of halogens is 3. The van der Waals surface area contributed by atoms with E-state index in [9.17, 15) is 13.2 Å². The summed E-state index contributed by atoms with van der Waals surface area (Å²) in [4.78, 5) is 3.32. The number of nitrogens with one attached hydrogen (secondary N) is 1. The predicted molar refractivity (Wildman–Crippen MR) is 73.2 cm³/mol. The molecule has 0 atom stereocenters. The molecule has 0 fully saturated rings. The SMILES string of the molecule is [C-]#[N+]c1cccc(NCc2ccc(OC(F)(F)F)cc2)c1. The lowest BCUT2D eigenvalue weighted by Crippen LogP contribution is -2.17. The molecular formula is C15H11F3N2O. The average Bonchev–Trinajstić information content (AvgIpc) is 2.45. The molecule has 0 radical (unpaired) electrons. The zero-order valence-corrected chi connectivity index (χ0v) is 10.8. The second-order valence-corrected chi connectivity index (χ2v) is 4.21. The van der Waals surface area contributed by atoms with Crippen LogP contribution in [0, 0.1) is 6.57 Å². The van der Waals surface area contributed by atoms with Crippen molar-refractivity contribution in [2.45, 2.75) is 12.9 Å². The van der Waals surface area contributed by atoms with Gasteiger partial charge in [-0.3, -0.25) is 0 Å². The van der Waals surface area contributed by atoms with Crippen molar-refractivity contribution >= 4 is 11.4 Å². The number of anilines is 1. The molecule has 2 rings (SSSR count). The number of hydrogen-bond donors (Lipinski definition) is 1. The van der Waals surface area contributed by atoms with Gasteiger partial charge in [0.2, 0.25) is 0 Å². The lowest BCUT2D eigenvalue weighted by Gasteiger charge is -2.10. The Kier molecular flexibility index (Phi) is 4.33. The van der Waals surface area contributed by atoms with E-state index in [1.54, 1.807) is 30.3 Å². The Morgan fingerprint density at radius 3 is 2.43 bits per heavy atom. The van der Waals surface area contributed by atoms with Crippen LogP contribution in [0.25, 0.3) is 4.85 Å². The molecular weight excluding hydrogens is 281 g/mol. The second-order valence-electron chi connectivity index (χ2n) is 4.21. The van der Waals surface area contributed by atoms with Crippen LogP contribution in [0.15, 0.2) is 48.5 Å². The van der Waals surface area contributed by atoms with Crippen LogP contribution in [0.2, 0.25) is 0 Å². The van der Waals surface area contributed by atoms with Crippen molar-refractivity contribution in [1.82, 2.24) is 0 Å². The molecule has 108 valence electrons. The van der Waals surface area contributed by atoms with Gasteiger partial charge >= 0.3 is 6.36 Å². The van der Waals surface area contributed by atoms with Gasteiger partial charge in [0.25, 0.3) is 0 Å². The summed E-state index contributed by atoms with van der Waals surface area (Å²) in [5, 5.41) is 3.10. The van der Waals surface area contributed by atoms with E-state index < -0.39 is 6.36 Å². The van der Waals surface area contributed by atoms with E-state index in [1.807, 2.05) is 6.07 Å². The van der Waals surface area contributed by atoms with Gasteiger partial charge < -0.3 is 10.1 Å². The number of rotatable bonds is 4. The highest BCUT2D eigenvalue weighted by Crippen LogP contribution is 2.23. The fourth-order valence-corrected chi connectivity index (χ4v) is 1.70. The molecule has 2 aromatic carbocycles.